The summed E-state index contributed by atoms with van der Waals surface area (Å²) in [5.74, 6) is -3.95. The van der Waals surface area contributed by atoms with Crippen LogP contribution in [0.4, 0.5) is 10.5 Å². The first-order valence-corrected chi connectivity index (χ1v) is 10.9. The second-order valence-electron chi connectivity index (χ2n) is 6.89. The summed E-state index contributed by atoms with van der Waals surface area (Å²) in [6.45, 7) is -0.692. The number of phenolic OH excluding ortho intramolecular Hbond substituents is 1. The Balaban J connectivity index is 1.65. The molecule has 0 aliphatic rings. The molecule has 6 N–H and O–H groups in total. The van der Waals surface area contributed by atoms with Crippen molar-refractivity contribution in [3.05, 3.63) is 72.6 Å². The number of pyridine rings is 1. The van der Waals surface area contributed by atoms with Crippen molar-refractivity contribution in [2.45, 2.75) is 22.3 Å². The van der Waals surface area contributed by atoms with E-state index in [0.29, 0.717) is 5.69 Å². The molecule has 0 unspecified atom stereocenters. The maximum atomic E-state index is 12.8. The molecule has 0 aliphatic heterocycles. The number of benzene rings is 2. The van der Waals surface area contributed by atoms with Gasteiger partial charge in [-0.3, -0.25) is 4.98 Å². The molecule has 0 atom stereocenters. The van der Waals surface area contributed by atoms with Gasteiger partial charge in [-0.1, -0.05) is 6.07 Å². The molecule has 0 fully saturated rings. The van der Waals surface area contributed by atoms with Gasteiger partial charge in [0.1, 0.15) is 0 Å². The lowest BCUT2D eigenvalue weighted by Crippen LogP contribution is -2.34. The lowest BCUT2D eigenvalue weighted by Gasteiger charge is -2.16. The predicted octanol–water partition coefficient (Wildman–Crippen LogP) is 0.951. The molecule has 174 valence electrons. The van der Waals surface area contributed by atoms with Crippen molar-refractivity contribution < 1.29 is 38.4 Å². The average Bonchev–Trinajstić information content (AvgIpc) is 2.77. The minimum atomic E-state index is -4.01. The van der Waals surface area contributed by atoms with Crippen LogP contribution in [-0.2, 0) is 16.4 Å². The molecule has 0 bridgehead atoms. The third-order valence-corrected chi connectivity index (χ3v) is 6.03. The number of aromatic hydroxyl groups is 1. The van der Waals surface area contributed by atoms with Crippen LogP contribution in [0.2, 0.25) is 0 Å². The van der Waals surface area contributed by atoms with E-state index in [-0.39, 0.29) is 22.1 Å². The molecule has 0 saturated heterocycles. The van der Waals surface area contributed by atoms with E-state index < -0.39 is 34.2 Å². The minimum absolute atomic E-state index is 0.0861. The van der Waals surface area contributed by atoms with Gasteiger partial charge in [-0.2, -0.15) is 0 Å². The molecule has 1 heterocycles. The van der Waals surface area contributed by atoms with Crippen LogP contribution in [0.1, 0.15) is 5.56 Å². The highest BCUT2D eigenvalue weighted by atomic mass is 32.2. The molecular weight excluding hydrogens is 454 g/mol. The maximum Gasteiger partial charge on any atom is 0.319 e. The van der Waals surface area contributed by atoms with Crippen LogP contribution in [-0.4, -0.2) is 52.4 Å². The summed E-state index contributed by atoms with van der Waals surface area (Å²) in [7, 11) is -4.01. The van der Waals surface area contributed by atoms with Gasteiger partial charge in [0, 0.05) is 30.7 Å². The molecule has 33 heavy (non-hydrogen) atoms. The molecule has 12 heteroatoms. The molecule has 2 amide bonds. The highest BCUT2D eigenvalue weighted by molar-refractivity contribution is 7.91. The van der Waals surface area contributed by atoms with Crippen molar-refractivity contribution in [2.75, 3.05) is 11.9 Å². The van der Waals surface area contributed by atoms with Crippen molar-refractivity contribution in [1.82, 2.24) is 10.3 Å². The van der Waals surface area contributed by atoms with Crippen molar-refractivity contribution in [3.63, 3.8) is 0 Å². The molecule has 1 aromatic heterocycles. The van der Waals surface area contributed by atoms with Gasteiger partial charge < -0.3 is 35.8 Å². The summed E-state index contributed by atoms with van der Waals surface area (Å²) in [4.78, 5) is 15.6. The topological polar surface area (TPSA) is 178 Å². The molecule has 3 aromatic rings. The fraction of sp³-hybridized carbons (Fsp3) is 0.143. The number of aromatic nitrogens is 1. The standard InChI is InChI=1S/C21H21N3O8S/c25-18-10-17(7-8-19(18)32-13-21(27,28)29)33(30,31)16-5-3-15(4-6-16)24-20(26)23-12-14-2-1-9-22-11-14/h1-11,25,27-29H,12-13H2,(H2,23,24,26). The van der Waals surface area contributed by atoms with Gasteiger partial charge in [-0.25, -0.2) is 13.2 Å². The normalized spacial score (nSPS) is 11.6. The Morgan fingerprint density at radius 3 is 2.33 bits per heavy atom. The van der Waals surface area contributed by atoms with E-state index in [1.54, 1.807) is 18.5 Å². The number of anilines is 1. The molecule has 0 radical (unpaired) electrons. The van der Waals surface area contributed by atoms with Crippen LogP contribution in [0, 0.1) is 0 Å². The molecule has 2 aromatic carbocycles. The minimum Gasteiger partial charge on any atom is -0.504 e. The fourth-order valence-electron chi connectivity index (χ4n) is 2.67. The Kier molecular flexibility index (Phi) is 7.13. The van der Waals surface area contributed by atoms with E-state index in [2.05, 4.69) is 15.6 Å². The number of ether oxygens (including phenoxy) is 1. The Labute approximate surface area is 188 Å². The Hall–Kier alpha value is -3.71. The van der Waals surface area contributed by atoms with Crippen molar-refractivity contribution >= 4 is 21.6 Å². The predicted molar refractivity (Wildman–Crippen MR) is 115 cm³/mol. The highest BCUT2D eigenvalue weighted by Gasteiger charge is 2.22. The number of hydrogen-bond donors (Lipinski definition) is 6. The summed E-state index contributed by atoms with van der Waals surface area (Å²) in [5, 5.41) is 41.7. The van der Waals surface area contributed by atoms with Gasteiger partial charge in [0.15, 0.2) is 18.1 Å². The van der Waals surface area contributed by atoms with Gasteiger partial charge in [-0.05, 0) is 48.0 Å². The second kappa shape index (κ2) is 9.83. The van der Waals surface area contributed by atoms with Crippen LogP contribution in [0.3, 0.4) is 0 Å². The van der Waals surface area contributed by atoms with E-state index in [1.165, 1.54) is 24.3 Å². The number of phenols is 1. The molecule has 0 spiro atoms. The summed E-state index contributed by atoms with van der Waals surface area (Å²) in [6, 6.07) is 11.7. The Morgan fingerprint density at radius 1 is 1.03 bits per heavy atom. The van der Waals surface area contributed by atoms with E-state index in [9.17, 15) is 18.3 Å². The van der Waals surface area contributed by atoms with Crippen LogP contribution in [0.5, 0.6) is 11.5 Å². The average molecular weight is 475 g/mol. The number of aliphatic hydroxyl groups is 3. The first-order valence-electron chi connectivity index (χ1n) is 9.46. The highest BCUT2D eigenvalue weighted by Crippen LogP contribution is 2.32. The van der Waals surface area contributed by atoms with Crippen LogP contribution in [0.15, 0.2) is 76.8 Å². The largest absolute Gasteiger partial charge is 0.504 e. The van der Waals surface area contributed by atoms with E-state index in [1.807, 2.05) is 6.07 Å². The molecule has 0 saturated carbocycles. The van der Waals surface area contributed by atoms with Gasteiger partial charge in [0.05, 0.1) is 9.79 Å². The quantitative estimate of drug-likeness (QED) is 0.259. The molecule has 11 nitrogen and oxygen atoms in total. The number of hydrogen-bond acceptors (Lipinski definition) is 9. The lowest BCUT2D eigenvalue weighted by atomic mass is 10.3. The fourth-order valence-corrected chi connectivity index (χ4v) is 3.96. The number of nitrogens with one attached hydrogen (secondary N) is 2. The Morgan fingerprint density at radius 2 is 1.73 bits per heavy atom. The summed E-state index contributed by atoms with van der Waals surface area (Å²) in [6.07, 6.45) is 3.24. The van der Waals surface area contributed by atoms with E-state index in [4.69, 9.17) is 20.1 Å². The number of amides is 2. The van der Waals surface area contributed by atoms with E-state index in [0.717, 1.165) is 23.8 Å². The molecular formula is C21H21N3O8S. The first kappa shape index (κ1) is 23.9. The smallest absolute Gasteiger partial charge is 0.319 e. The Bertz CT molecular complexity index is 1210. The van der Waals surface area contributed by atoms with Crippen LogP contribution < -0.4 is 15.4 Å². The number of carbonyl (C=O) groups excluding carboxylic acids is 1. The number of urea groups is 1. The van der Waals surface area contributed by atoms with Crippen molar-refractivity contribution in [3.8, 4) is 11.5 Å². The van der Waals surface area contributed by atoms with Gasteiger partial charge in [0.2, 0.25) is 9.84 Å². The van der Waals surface area contributed by atoms with Crippen LogP contribution in [0.25, 0.3) is 0 Å². The third-order valence-electron chi connectivity index (χ3n) is 4.26. The summed E-state index contributed by atoms with van der Waals surface area (Å²) < 4.78 is 30.5. The second-order valence-corrected chi connectivity index (χ2v) is 8.84. The zero-order valence-electron chi connectivity index (χ0n) is 17.0. The van der Waals surface area contributed by atoms with Gasteiger partial charge >= 0.3 is 12.0 Å². The summed E-state index contributed by atoms with van der Waals surface area (Å²) in [5.41, 5.74) is 1.18. The van der Waals surface area contributed by atoms with Crippen molar-refractivity contribution in [1.29, 1.82) is 0 Å². The van der Waals surface area contributed by atoms with Gasteiger partial charge in [-0.15, -0.1) is 0 Å². The zero-order valence-corrected chi connectivity index (χ0v) is 17.9. The first-order chi connectivity index (χ1) is 15.5. The number of rotatable bonds is 8. The van der Waals surface area contributed by atoms with Crippen molar-refractivity contribution in [2.24, 2.45) is 0 Å². The zero-order chi connectivity index (χ0) is 24.1. The number of carbonyl (C=O) groups is 1. The van der Waals surface area contributed by atoms with Crippen LogP contribution >= 0.6 is 0 Å². The molecule has 0 aliphatic carbocycles. The lowest BCUT2D eigenvalue weighted by molar-refractivity contribution is -0.322. The number of nitrogens with zero attached hydrogens (tertiary/aromatic N) is 1. The van der Waals surface area contributed by atoms with E-state index >= 15 is 0 Å². The maximum absolute atomic E-state index is 12.8. The monoisotopic (exact) mass is 475 g/mol. The van der Waals surface area contributed by atoms with Gasteiger partial charge in [0.25, 0.3) is 0 Å². The molecule has 3 rings (SSSR count). The summed E-state index contributed by atoms with van der Waals surface area (Å²) >= 11 is 0. The number of sulfone groups is 1. The third kappa shape index (κ3) is 6.63. The SMILES string of the molecule is O=C(NCc1cccnc1)Nc1ccc(S(=O)(=O)c2ccc(OCC(O)(O)O)c(O)c2)cc1.